The van der Waals surface area contributed by atoms with Crippen LogP contribution in [0, 0.1) is 17.5 Å². The molecule has 1 aliphatic heterocycles. The van der Waals surface area contributed by atoms with Gasteiger partial charge in [0.1, 0.15) is 6.10 Å². The van der Waals surface area contributed by atoms with Crippen LogP contribution in [0.25, 0.3) is 0 Å². The van der Waals surface area contributed by atoms with Crippen LogP contribution in [0.5, 0.6) is 0 Å². The highest BCUT2D eigenvalue weighted by molar-refractivity contribution is 5.94. The Kier molecular flexibility index (Phi) is 5.79. The highest BCUT2D eigenvalue weighted by atomic mass is 35.5. The third kappa shape index (κ3) is 3.62. The predicted molar refractivity (Wildman–Crippen MR) is 69.1 cm³/mol. The first-order valence-electron chi connectivity index (χ1n) is 5.82. The number of carbonyl (C=O) groups is 1. The second-order valence-corrected chi connectivity index (χ2v) is 4.30. The van der Waals surface area contributed by atoms with Gasteiger partial charge in [-0.05, 0) is 12.8 Å². The van der Waals surface area contributed by atoms with E-state index in [-0.39, 0.29) is 24.2 Å². The van der Waals surface area contributed by atoms with Crippen LogP contribution >= 0.6 is 12.4 Å². The summed E-state index contributed by atoms with van der Waals surface area (Å²) >= 11 is 0. The monoisotopic (exact) mass is 310 g/mol. The molecule has 2 rings (SSSR count). The standard InChI is InChI=1S/C12H13F3N2O2.ClH/c13-8-3-6(4-9(14)11(8)15)17-12(18)10-2-1-7(5-16)19-10;/h3-4,7,10H,1-2,5,16H2,(H,17,18);1H/t7-,10+;/m1./s1. The third-order valence-corrected chi connectivity index (χ3v) is 2.91. The molecule has 1 saturated heterocycles. The highest BCUT2D eigenvalue weighted by Crippen LogP contribution is 2.22. The molecule has 1 heterocycles. The average molecular weight is 311 g/mol. The molecule has 0 saturated carbocycles. The SMILES string of the molecule is Cl.NC[C@H]1CC[C@@H](C(=O)Nc2cc(F)c(F)c(F)c2)O1. The van der Waals surface area contributed by atoms with Gasteiger partial charge >= 0.3 is 0 Å². The molecule has 0 spiro atoms. The molecule has 1 aromatic rings. The van der Waals surface area contributed by atoms with Crippen molar-refractivity contribution in [2.24, 2.45) is 5.73 Å². The van der Waals surface area contributed by atoms with Gasteiger partial charge in [0.2, 0.25) is 0 Å². The number of ether oxygens (including phenoxy) is 1. The summed E-state index contributed by atoms with van der Waals surface area (Å²) in [6, 6.07) is 1.43. The lowest BCUT2D eigenvalue weighted by molar-refractivity contribution is -0.126. The Hall–Kier alpha value is -1.31. The predicted octanol–water partition coefficient (Wildman–Crippen LogP) is 1.97. The normalized spacial score (nSPS) is 21.4. The van der Waals surface area contributed by atoms with Crippen molar-refractivity contribution < 1.29 is 22.7 Å². The van der Waals surface area contributed by atoms with Crippen LogP contribution in [-0.2, 0) is 9.53 Å². The number of hydrogen-bond acceptors (Lipinski definition) is 3. The fourth-order valence-electron chi connectivity index (χ4n) is 1.92. The zero-order chi connectivity index (χ0) is 14.0. The summed E-state index contributed by atoms with van der Waals surface area (Å²) in [5.41, 5.74) is 5.26. The summed E-state index contributed by atoms with van der Waals surface area (Å²) in [5.74, 6) is -4.82. The molecule has 1 amide bonds. The number of anilines is 1. The minimum absolute atomic E-state index is 0. The number of nitrogens with one attached hydrogen (secondary N) is 1. The van der Waals surface area contributed by atoms with Crippen LogP contribution in [0.4, 0.5) is 18.9 Å². The molecule has 112 valence electrons. The molecule has 20 heavy (non-hydrogen) atoms. The van der Waals surface area contributed by atoms with Gasteiger partial charge in [-0.2, -0.15) is 0 Å². The molecule has 0 aromatic heterocycles. The topological polar surface area (TPSA) is 64.4 Å². The van der Waals surface area contributed by atoms with Crippen LogP contribution < -0.4 is 11.1 Å². The number of carbonyl (C=O) groups excluding carboxylic acids is 1. The van der Waals surface area contributed by atoms with Crippen LogP contribution in [0.2, 0.25) is 0 Å². The molecule has 1 aromatic carbocycles. The summed E-state index contributed by atoms with van der Waals surface area (Å²) in [7, 11) is 0. The van der Waals surface area contributed by atoms with Crippen LogP contribution in [0.3, 0.4) is 0 Å². The fraction of sp³-hybridized carbons (Fsp3) is 0.417. The zero-order valence-electron chi connectivity index (χ0n) is 10.4. The highest BCUT2D eigenvalue weighted by Gasteiger charge is 2.30. The molecule has 3 N–H and O–H groups in total. The van der Waals surface area contributed by atoms with Gasteiger partial charge in [-0.15, -0.1) is 12.4 Å². The Balaban J connectivity index is 0.00000200. The summed E-state index contributed by atoms with van der Waals surface area (Å²) in [4.78, 5) is 11.8. The number of nitrogens with two attached hydrogens (primary N) is 1. The number of benzene rings is 1. The van der Waals surface area contributed by atoms with Crippen molar-refractivity contribution in [2.75, 3.05) is 11.9 Å². The summed E-state index contributed by atoms with van der Waals surface area (Å²) in [6.45, 7) is 0.309. The molecule has 1 aliphatic rings. The minimum atomic E-state index is -1.57. The maximum atomic E-state index is 13.0. The van der Waals surface area contributed by atoms with Gasteiger partial charge < -0.3 is 15.8 Å². The molecule has 0 aliphatic carbocycles. The van der Waals surface area contributed by atoms with Crippen molar-refractivity contribution >= 4 is 24.0 Å². The molecule has 1 fully saturated rings. The number of rotatable bonds is 3. The lowest BCUT2D eigenvalue weighted by Gasteiger charge is -2.13. The molecule has 0 radical (unpaired) electrons. The Morgan fingerprint density at radius 1 is 1.30 bits per heavy atom. The third-order valence-electron chi connectivity index (χ3n) is 2.91. The minimum Gasteiger partial charge on any atom is -0.364 e. The van der Waals surface area contributed by atoms with Gasteiger partial charge in [0.05, 0.1) is 6.10 Å². The van der Waals surface area contributed by atoms with E-state index in [2.05, 4.69) is 5.32 Å². The van der Waals surface area contributed by atoms with E-state index in [0.717, 1.165) is 0 Å². The van der Waals surface area contributed by atoms with Gasteiger partial charge in [0.25, 0.3) is 5.91 Å². The average Bonchev–Trinajstić information content (AvgIpc) is 2.84. The van der Waals surface area contributed by atoms with E-state index in [9.17, 15) is 18.0 Å². The second-order valence-electron chi connectivity index (χ2n) is 4.30. The Morgan fingerprint density at radius 2 is 1.90 bits per heavy atom. The lowest BCUT2D eigenvalue weighted by atomic mass is 10.2. The summed E-state index contributed by atoms with van der Waals surface area (Å²) < 4.78 is 44.0. The van der Waals surface area contributed by atoms with Crippen molar-refractivity contribution in [3.8, 4) is 0 Å². The lowest BCUT2D eigenvalue weighted by Crippen LogP contribution is -2.29. The first kappa shape index (κ1) is 16.7. The molecule has 0 unspecified atom stereocenters. The molecule has 4 nitrogen and oxygen atoms in total. The molecule has 8 heteroatoms. The van der Waals surface area contributed by atoms with E-state index >= 15 is 0 Å². The Bertz CT molecular complexity index is 479. The smallest absolute Gasteiger partial charge is 0.253 e. The van der Waals surface area contributed by atoms with Crippen LogP contribution in [0.1, 0.15) is 12.8 Å². The molecular weight excluding hydrogens is 297 g/mol. The van der Waals surface area contributed by atoms with Crippen molar-refractivity contribution in [3.63, 3.8) is 0 Å². The summed E-state index contributed by atoms with van der Waals surface area (Å²) in [5, 5.41) is 2.29. The maximum Gasteiger partial charge on any atom is 0.253 e. The first-order valence-corrected chi connectivity index (χ1v) is 5.82. The second kappa shape index (κ2) is 6.92. The quantitative estimate of drug-likeness (QED) is 0.839. The Labute approximate surface area is 119 Å². The first-order chi connectivity index (χ1) is 9.01. The molecular formula is C12H14ClF3N2O2. The zero-order valence-corrected chi connectivity index (χ0v) is 11.2. The van der Waals surface area contributed by atoms with E-state index in [4.69, 9.17) is 10.5 Å². The number of hydrogen-bond donors (Lipinski definition) is 2. The fourth-order valence-corrected chi connectivity index (χ4v) is 1.92. The van der Waals surface area contributed by atoms with E-state index in [1.807, 2.05) is 0 Å². The van der Waals surface area contributed by atoms with Gasteiger partial charge in [-0.25, -0.2) is 13.2 Å². The van der Waals surface area contributed by atoms with Crippen molar-refractivity contribution in [3.05, 3.63) is 29.6 Å². The molecule has 2 atom stereocenters. The Morgan fingerprint density at radius 3 is 2.40 bits per heavy atom. The van der Waals surface area contributed by atoms with Crippen molar-refractivity contribution in [2.45, 2.75) is 25.0 Å². The maximum absolute atomic E-state index is 13.0. The van der Waals surface area contributed by atoms with Gasteiger partial charge in [-0.3, -0.25) is 4.79 Å². The van der Waals surface area contributed by atoms with E-state index in [1.165, 1.54) is 0 Å². The van der Waals surface area contributed by atoms with Gasteiger partial charge in [0.15, 0.2) is 17.5 Å². The number of halogens is 4. The summed E-state index contributed by atoms with van der Waals surface area (Å²) in [6.07, 6.45) is 0.253. The van der Waals surface area contributed by atoms with Crippen LogP contribution in [-0.4, -0.2) is 24.7 Å². The van der Waals surface area contributed by atoms with Gasteiger partial charge in [0, 0.05) is 24.4 Å². The van der Waals surface area contributed by atoms with Gasteiger partial charge in [-0.1, -0.05) is 0 Å². The van der Waals surface area contributed by atoms with E-state index in [1.54, 1.807) is 0 Å². The number of amides is 1. The van der Waals surface area contributed by atoms with Crippen molar-refractivity contribution in [1.29, 1.82) is 0 Å². The van der Waals surface area contributed by atoms with E-state index < -0.39 is 29.5 Å². The van der Waals surface area contributed by atoms with E-state index in [0.29, 0.717) is 31.5 Å². The largest absolute Gasteiger partial charge is 0.364 e. The molecule has 0 bridgehead atoms. The van der Waals surface area contributed by atoms with Crippen LogP contribution in [0.15, 0.2) is 12.1 Å². The van der Waals surface area contributed by atoms with Crippen molar-refractivity contribution in [1.82, 2.24) is 0 Å².